The number of halogens is 4. The molecule has 26 heavy (non-hydrogen) atoms. The van der Waals surface area contributed by atoms with Crippen molar-refractivity contribution in [2.45, 2.75) is 45.2 Å². The predicted octanol–water partition coefficient (Wildman–Crippen LogP) is 4.97. The van der Waals surface area contributed by atoms with E-state index in [1.165, 1.54) is 0 Å². The maximum absolute atomic E-state index is 12.5. The number of nitrogens with one attached hydrogen (secondary N) is 1. The standard InChI is InChI=1S/C17H27F3N4S.HI/c1-4-6-7-8-9-12-24(3)16(21-5-2)22-11-10-15-23-14(13-25-15)17(18,19)20;/h4,13H,1,5-12H2,2-3H3,(H,21,22);1H. The molecule has 0 atom stereocenters. The number of hydrogen-bond acceptors (Lipinski definition) is 3. The van der Waals surface area contributed by atoms with E-state index < -0.39 is 11.9 Å². The van der Waals surface area contributed by atoms with E-state index in [2.05, 4.69) is 26.8 Å². The molecule has 0 aromatic carbocycles. The van der Waals surface area contributed by atoms with Gasteiger partial charge in [-0.1, -0.05) is 12.5 Å². The van der Waals surface area contributed by atoms with Crippen LogP contribution in [0, 0.1) is 0 Å². The average Bonchev–Trinajstić information content (AvgIpc) is 3.03. The van der Waals surface area contributed by atoms with E-state index in [0.29, 0.717) is 18.0 Å². The zero-order valence-corrected chi connectivity index (χ0v) is 18.5. The molecule has 150 valence electrons. The van der Waals surface area contributed by atoms with Crippen molar-refractivity contribution < 1.29 is 13.2 Å². The molecule has 0 unspecified atom stereocenters. The third-order valence-corrected chi connectivity index (χ3v) is 4.44. The molecule has 0 saturated heterocycles. The molecule has 1 aromatic heterocycles. The fraction of sp³-hybridized carbons (Fsp3) is 0.647. The highest BCUT2D eigenvalue weighted by molar-refractivity contribution is 14.0. The Morgan fingerprint density at radius 3 is 2.69 bits per heavy atom. The second kappa shape index (κ2) is 13.3. The van der Waals surface area contributed by atoms with Gasteiger partial charge in [-0.15, -0.1) is 41.9 Å². The first-order chi connectivity index (χ1) is 11.9. The van der Waals surface area contributed by atoms with Crippen LogP contribution in [0.5, 0.6) is 0 Å². The number of alkyl halides is 3. The normalized spacial score (nSPS) is 11.8. The first-order valence-electron chi connectivity index (χ1n) is 8.50. The molecule has 1 rings (SSSR count). The lowest BCUT2D eigenvalue weighted by atomic mass is 10.2. The van der Waals surface area contributed by atoms with Crippen molar-refractivity contribution in [2.24, 2.45) is 4.99 Å². The van der Waals surface area contributed by atoms with Crippen LogP contribution in [0.2, 0.25) is 0 Å². The Hall–Kier alpha value is -0.840. The molecule has 0 aliphatic rings. The van der Waals surface area contributed by atoms with Crippen LogP contribution in [-0.2, 0) is 12.6 Å². The molecule has 1 aromatic rings. The Morgan fingerprint density at radius 2 is 2.12 bits per heavy atom. The largest absolute Gasteiger partial charge is 0.434 e. The van der Waals surface area contributed by atoms with E-state index >= 15 is 0 Å². The van der Waals surface area contributed by atoms with Crippen molar-refractivity contribution in [3.63, 3.8) is 0 Å². The molecule has 4 nitrogen and oxygen atoms in total. The third-order valence-electron chi connectivity index (χ3n) is 3.53. The van der Waals surface area contributed by atoms with Crippen LogP contribution in [0.15, 0.2) is 23.0 Å². The summed E-state index contributed by atoms with van der Waals surface area (Å²) in [7, 11) is 1.97. The molecule has 1 N–H and O–H groups in total. The maximum atomic E-state index is 12.5. The number of allylic oxidation sites excluding steroid dienone is 1. The molecule has 0 bridgehead atoms. The molecule has 0 fully saturated rings. The monoisotopic (exact) mass is 504 g/mol. The van der Waals surface area contributed by atoms with Crippen LogP contribution in [0.1, 0.15) is 43.3 Å². The molecule has 0 aliphatic heterocycles. The van der Waals surface area contributed by atoms with Crippen molar-refractivity contribution in [3.8, 4) is 0 Å². The molecule has 0 saturated carbocycles. The molecule has 9 heteroatoms. The SMILES string of the molecule is C=CCCCCCN(C)C(=NCCc1nc(C(F)(F)F)cs1)NCC.I. The van der Waals surface area contributed by atoms with Gasteiger partial charge in [0.05, 0.1) is 5.01 Å². The van der Waals surface area contributed by atoms with Crippen molar-refractivity contribution in [2.75, 3.05) is 26.7 Å². The summed E-state index contributed by atoms with van der Waals surface area (Å²) in [5, 5.41) is 4.73. The Bertz CT molecular complexity index is 546. The number of unbranched alkanes of at least 4 members (excludes halogenated alkanes) is 3. The summed E-state index contributed by atoms with van der Waals surface area (Å²) < 4.78 is 37.6. The highest BCUT2D eigenvalue weighted by Gasteiger charge is 2.33. The first-order valence-corrected chi connectivity index (χ1v) is 9.38. The third kappa shape index (κ3) is 9.75. The van der Waals surface area contributed by atoms with Gasteiger partial charge in [0, 0.05) is 38.5 Å². The van der Waals surface area contributed by atoms with E-state index in [9.17, 15) is 13.2 Å². The number of rotatable bonds is 10. The fourth-order valence-corrected chi connectivity index (χ4v) is 3.00. The van der Waals surface area contributed by atoms with Gasteiger partial charge < -0.3 is 10.2 Å². The van der Waals surface area contributed by atoms with E-state index in [-0.39, 0.29) is 24.0 Å². The first kappa shape index (κ1) is 25.2. The van der Waals surface area contributed by atoms with Gasteiger partial charge in [0.25, 0.3) is 0 Å². The minimum absolute atomic E-state index is 0. The maximum Gasteiger partial charge on any atom is 0.434 e. The van der Waals surface area contributed by atoms with Gasteiger partial charge in [-0.2, -0.15) is 13.2 Å². The summed E-state index contributed by atoms with van der Waals surface area (Å²) in [5.74, 6) is 0.777. The topological polar surface area (TPSA) is 40.5 Å². The van der Waals surface area contributed by atoms with Gasteiger partial charge in [-0.25, -0.2) is 4.98 Å². The van der Waals surface area contributed by atoms with Gasteiger partial charge in [0.2, 0.25) is 0 Å². The zero-order chi connectivity index (χ0) is 18.7. The summed E-state index contributed by atoms with van der Waals surface area (Å²) >= 11 is 1.03. The molecule has 0 aliphatic carbocycles. The number of hydrogen-bond donors (Lipinski definition) is 1. The Kier molecular flexibility index (Phi) is 12.9. The van der Waals surface area contributed by atoms with Gasteiger partial charge in [-0.05, 0) is 26.2 Å². The molecule has 1 heterocycles. The minimum Gasteiger partial charge on any atom is -0.357 e. The lowest BCUT2D eigenvalue weighted by Gasteiger charge is -2.22. The summed E-state index contributed by atoms with van der Waals surface area (Å²) in [6.45, 7) is 7.75. The average molecular weight is 504 g/mol. The highest BCUT2D eigenvalue weighted by atomic mass is 127. The van der Waals surface area contributed by atoms with Gasteiger partial charge in [-0.3, -0.25) is 4.99 Å². The van der Waals surface area contributed by atoms with Gasteiger partial charge >= 0.3 is 6.18 Å². The van der Waals surface area contributed by atoms with Crippen molar-refractivity contribution in [3.05, 3.63) is 28.7 Å². The molecule has 0 spiro atoms. The number of nitrogens with zero attached hydrogens (tertiary/aromatic N) is 3. The quantitative estimate of drug-likeness (QED) is 0.161. The zero-order valence-electron chi connectivity index (χ0n) is 15.3. The van der Waals surface area contributed by atoms with Gasteiger partial charge in [0.15, 0.2) is 11.7 Å². The Balaban J connectivity index is 0.00000625. The van der Waals surface area contributed by atoms with Crippen LogP contribution >= 0.6 is 35.3 Å². The second-order valence-electron chi connectivity index (χ2n) is 5.67. The smallest absolute Gasteiger partial charge is 0.357 e. The van der Waals surface area contributed by atoms with E-state index in [0.717, 1.165) is 61.4 Å². The Labute approximate surface area is 175 Å². The van der Waals surface area contributed by atoms with Crippen LogP contribution in [0.4, 0.5) is 13.2 Å². The van der Waals surface area contributed by atoms with E-state index in [1.54, 1.807) is 0 Å². The van der Waals surface area contributed by atoms with Crippen molar-refractivity contribution in [1.29, 1.82) is 0 Å². The number of thiazole rings is 1. The highest BCUT2D eigenvalue weighted by Crippen LogP contribution is 2.30. The predicted molar refractivity (Wildman–Crippen MR) is 114 cm³/mol. The van der Waals surface area contributed by atoms with Crippen molar-refractivity contribution >= 4 is 41.3 Å². The van der Waals surface area contributed by atoms with E-state index in [1.807, 2.05) is 20.0 Å². The minimum atomic E-state index is -4.38. The summed E-state index contributed by atoms with van der Waals surface area (Å²) in [4.78, 5) is 10.2. The van der Waals surface area contributed by atoms with Crippen molar-refractivity contribution in [1.82, 2.24) is 15.2 Å². The van der Waals surface area contributed by atoms with E-state index in [4.69, 9.17) is 0 Å². The molecular formula is C17H28F3IN4S. The Morgan fingerprint density at radius 1 is 1.38 bits per heavy atom. The van der Waals surface area contributed by atoms with Crippen LogP contribution in [0.25, 0.3) is 0 Å². The number of guanidine groups is 1. The molecular weight excluding hydrogens is 476 g/mol. The van der Waals surface area contributed by atoms with Crippen LogP contribution in [0.3, 0.4) is 0 Å². The molecule has 0 amide bonds. The summed E-state index contributed by atoms with van der Waals surface area (Å²) in [6, 6.07) is 0. The van der Waals surface area contributed by atoms with Crippen LogP contribution in [-0.4, -0.2) is 42.5 Å². The summed E-state index contributed by atoms with van der Waals surface area (Å²) in [5.41, 5.74) is -0.819. The molecule has 0 radical (unpaired) electrons. The summed E-state index contributed by atoms with van der Waals surface area (Å²) in [6.07, 6.45) is 2.33. The lowest BCUT2D eigenvalue weighted by molar-refractivity contribution is -0.140. The lowest BCUT2D eigenvalue weighted by Crippen LogP contribution is -2.39. The fourth-order valence-electron chi connectivity index (χ4n) is 2.20. The number of aromatic nitrogens is 1. The number of aliphatic imine (C=N–C) groups is 1. The second-order valence-corrected chi connectivity index (χ2v) is 6.61. The van der Waals surface area contributed by atoms with Gasteiger partial charge in [0.1, 0.15) is 0 Å². The van der Waals surface area contributed by atoms with Crippen LogP contribution < -0.4 is 5.32 Å².